The van der Waals surface area contributed by atoms with E-state index in [0.29, 0.717) is 0 Å². The Hall–Kier alpha value is -0.610. The van der Waals surface area contributed by atoms with Gasteiger partial charge >= 0.3 is 0 Å². The minimum atomic E-state index is 0.110. The van der Waals surface area contributed by atoms with E-state index in [0.717, 1.165) is 19.5 Å². The van der Waals surface area contributed by atoms with Gasteiger partial charge in [-0.1, -0.05) is 5.16 Å². The van der Waals surface area contributed by atoms with Crippen molar-refractivity contribution < 1.29 is 5.21 Å². The van der Waals surface area contributed by atoms with E-state index in [9.17, 15) is 0 Å². The fraction of sp³-hybridized carbons (Fsp3) is 0.833. The van der Waals surface area contributed by atoms with Gasteiger partial charge in [0.25, 0.3) is 0 Å². The molecule has 1 unspecified atom stereocenters. The van der Waals surface area contributed by atoms with Crippen molar-refractivity contribution in [2.75, 3.05) is 20.1 Å². The zero-order valence-corrected chi connectivity index (χ0v) is 6.12. The van der Waals surface area contributed by atoms with Crippen molar-refractivity contribution in [3.8, 4) is 0 Å². The zero-order valence-electron chi connectivity index (χ0n) is 6.12. The van der Waals surface area contributed by atoms with Crippen LogP contribution in [0.4, 0.5) is 0 Å². The van der Waals surface area contributed by atoms with Crippen LogP contribution in [0.1, 0.15) is 6.42 Å². The molecule has 0 bridgehead atoms. The Labute approximate surface area is 60.5 Å². The topological polar surface area (TPSA) is 47.9 Å². The molecule has 0 radical (unpaired) electrons. The molecule has 2 N–H and O–H groups in total. The van der Waals surface area contributed by atoms with Crippen LogP contribution >= 0.6 is 0 Å². The highest BCUT2D eigenvalue weighted by molar-refractivity contribution is 5.63. The quantitative estimate of drug-likeness (QED) is 0.301. The van der Waals surface area contributed by atoms with Crippen LogP contribution in [0.25, 0.3) is 0 Å². The Bertz CT molecular complexity index is 126. The molecular formula is C6H13N3O. The lowest BCUT2D eigenvalue weighted by atomic mass is 10.3. The van der Waals surface area contributed by atoms with Crippen LogP contribution in [0.5, 0.6) is 0 Å². The van der Waals surface area contributed by atoms with Crippen LogP contribution < -0.4 is 5.32 Å². The van der Waals surface area contributed by atoms with Gasteiger partial charge in [-0.05, 0) is 20.0 Å². The van der Waals surface area contributed by atoms with Crippen LogP contribution in [0.3, 0.4) is 0 Å². The molecule has 1 atom stereocenters. The molecular weight excluding hydrogens is 130 g/mol. The Kier molecular flexibility index (Phi) is 2.65. The van der Waals surface area contributed by atoms with Crippen LogP contribution in [0.15, 0.2) is 5.16 Å². The summed E-state index contributed by atoms with van der Waals surface area (Å²) in [6.45, 7) is 2.06. The summed E-state index contributed by atoms with van der Waals surface area (Å²) in [5.74, 6) is 0. The molecule has 0 aromatic carbocycles. The number of rotatable bonds is 1. The summed E-state index contributed by atoms with van der Waals surface area (Å²) in [5.41, 5.74) is 0. The molecule has 58 valence electrons. The summed E-state index contributed by atoms with van der Waals surface area (Å²) in [6.07, 6.45) is 2.77. The SMILES string of the molecule is CN1CCCNC1/C=N/O. The van der Waals surface area contributed by atoms with Crippen molar-refractivity contribution in [1.82, 2.24) is 10.2 Å². The molecule has 0 aliphatic carbocycles. The summed E-state index contributed by atoms with van der Waals surface area (Å²) in [5, 5.41) is 14.4. The summed E-state index contributed by atoms with van der Waals surface area (Å²) in [6, 6.07) is 0. The molecule has 4 heteroatoms. The third-order valence-corrected chi connectivity index (χ3v) is 1.72. The predicted octanol–water partition coefficient (Wildman–Crippen LogP) is -0.302. The van der Waals surface area contributed by atoms with Crippen molar-refractivity contribution in [1.29, 1.82) is 0 Å². The lowest BCUT2D eigenvalue weighted by Gasteiger charge is -2.30. The maximum atomic E-state index is 8.24. The van der Waals surface area contributed by atoms with Gasteiger partial charge in [-0.15, -0.1) is 0 Å². The van der Waals surface area contributed by atoms with Crippen LogP contribution in [-0.2, 0) is 0 Å². The minimum absolute atomic E-state index is 0.110. The van der Waals surface area contributed by atoms with E-state index in [1.807, 2.05) is 7.05 Å². The largest absolute Gasteiger partial charge is 0.411 e. The lowest BCUT2D eigenvalue weighted by Crippen LogP contribution is -2.50. The highest BCUT2D eigenvalue weighted by Crippen LogP contribution is 1.97. The molecule has 0 amide bonds. The third-order valence-electron chi connectivity index (χ3n) is 1.72. The van der Waals surface area contributed by atoms with E-state index in [1.54, 1.807) is 0 Å². The van der Waals surface area contributed by atoms with E-state index in [4.69, 9.17) is 5.21 Å². The van der Waals surface area contributed by atoms with E-state index in [1.165, 1.54) is 6.21 Å². The Morgan fingerprint density at radius 3 is 3.20 bits per heavy atom. The van der Waals surface area contributed by atoms with Crippen molar-refractivity contribution in [3.63, 3.8) is 0 Å². The van der Waals surface area contributed by atoms with Crippen molar-refractivity contribution in [2.24, 2.45) is 5.16 Å². The Balaban J connectivity index is 2.39. The first-order valence-electron chi connectivity index (χ1n) is 3.46. The molecule has 0 saturated carbocycles. The predicted molar refractivity (Wildman–Crippen MR) is 39.3 cm³/mol. The third kappa shape index (κ3) is 1.68. The average molecular weight is 143 g/mol. The van der Waals surface area contributed by atoms with E-state index < -0.39 is 0 Å². The molecule has 1 fully saturated rings. The van der Waals surface area contributed by atoms with Crippen LogP contribution in [-0.4, -0.2) is 42.6 Å². The molecule has 4 nitrogen and oxygen atoms in total. The molecule has 1 aliphatic heterocycles. The van der Waals surface area contributed by atoms with Gasteiger partial charge in [0.05, 0.1) is 12.4 Å². The molecule has 1 aliphatic rings. The summed E-state index contributed by atoms with van der Waals surface area (Å²) in [4.78, 5) is 2.10. The van der Waals surface area contributed by atoms with E-state index in [2.05, 4.69) is 15.4 Å². The first-order chi connectivity index (χ1) is 4.84. The normalized spacial score (nSPS) is 29.5. The summed E-state index contributed by atoms with van der Waals surface area (Å²) in [7, 11) is 2.00. The molecule has 1 saturated heterocycles. The van der Waals surface area contributed by atoms with Crippen LogP contribution in [0, 0.1) is 0 Å². The second kappa shape index (κ2) is 3.53. The summed E-state index contributed by atoms with van der Waals surface area (Å²) < 4.78 is 0. The highest BCUT2D eigenvalue weighted by Gasteiger charge is 2.15. The molecule has 1 heterocycles. The molecule has 0 aromatic heterocycles. The number of hydrogen-bond donors (Lipinski definition) is 2. The van der Waals surface area contributed by atoms with Gasteiger partial charge in [-0.25, -0.2) is 0 Å². The standard InChI is InChI=1S/C6H13N3O/c1-9-4-2-3-7-6(9)5-8-10/h5-7,10H,2-4H2,1H3/b8-5+. The molecule has 10 heavy (non-hydrogen) atoms. The first-order valence-corrected chi connectivity index (χ1v) is 3.46. The maximum Gasteiger partial charge on any atom is 0.0996 e. The van der Waals surface area contributed by atoms with Gasteiger partial charge < -0.3 is 5.21 Å². The smallest absolute Gasteiger partial charge is 0.0996 e. The van der Waals surface area contributed by atoms with Gasteiger partial charge in [-0.3, -0.25) is 10.2 Å². The van der Waals surface area contributed by atoms with Gasteiger partial charge in [0.15, 0.2) is 0 Å². The van der Waals surface area contributed by atoms with Crippen molar-refractivity contribution in [3.05, 3.63) is 0 Å². The number of hydrogen-bond acceptors (Lipinski definition) is 4. The first kappa shape index (κ1) is 7.50. The van der Waals surface area contributed by atoms with Crippen molar-refractivity contribution >= 4 is 6.21 Å². The van der Waals surface area contributed by atoms with Gasteiger partial charge in [0, 0.05) is 6.54 Å². The number of oxime groups is 1. The second-order valence-electron chi connectivity index (χ2n) is 2.50. The van der Waals surface area contributed by atoms with Gasteiger partial charge in [0.1, 0.15) is 0 Å². The monoisotopic (exact) mass is 143 g/mol. The number of nitrogens with one attached hydrogen (secondary N) is 1. The minimum Gasteiger partial charge on any atom is -0.411 e. The fourth-order valence-electron chi connectivity index (χ4n) is 1.10. The summed E-state index contributed by atoms with van der Waals surface area (Å²) >= 11 is 0. The Morgan fingerprint density at radius 2 is 2.60 bits per heavy atom. The molecule has 0 spiro atoms. The number of nitrogens with zero attached hydrogens (tertiary/aromatic N) is 2. The van der Waals surface area contributed by atoms with E-state index in [-0.39, 0.29) is 6.17 Å². The average Bonchev–Trinajstić information content (AvgIpc) is 1.94. The molecule has 1 rings (SSSR count). The van der Waals surface area contributed by atoms with Crippen LogP contribution in [0.2, 0.25) is 0 Å². The Morgan fingerprint density at radius 1 is 1.80 bits per heavy atom. The molecule has 0 aromatic rings. The lowest BCUT2D eigenvalue weighted by molar-refractivity contribution is 0.215. The van der Waals surface area contributed by atoms with Gasteiger partial charge in [0.2, 0.25) is 0 Å². The van der Waals surface area contributed by atoms with Gasteiger partial charge in [-0.2, -0.15) is 0 Å². The van der Waals surface area contributed by atoms with E-state index >= 15 is 0 Å². The second-order valence-corrected chi connectivity index (χ2v) is 2.50. The zero-order chi connectivity index (χ0) is 7.40. The maximum absolute atomic E-state index is 8.24. The van der Waals surface area contributed by atoms with Crippen molar-refractivity contribution in [2.45, 2.75) is 12.6 Å². The highest BCUT2D eigenvalue weighted by atomic mass is 16.4. The fourth-order valence-corrected chi connectivity index (χ4v) is 1.10.